The van der Waals surface area contributed by atoms with E-state index in [1.165, 1.54) is 24.6 Å². The molecule has 5 nitrogen and oxygen atoms in total. The number of thioether (sulfide) groups is 1. The lowest BCUT2D eigenvalue weighted by atomic mass is 10.3. The molecule has 128 valence electrons. The fourth-order valence-corrected chi connectivity index (χ4v) is 3.61. The Morgan fingerprint density at radius 2 is 2.12 bits per heavy atom. The minimum atomic E-state index is -0.157. The first kappa shape index (κ1) is 17.6. The lowest BCUT2D eigenvalue weighted by Crippen LogP contribution is -2.15. The van der Waals surface area contributed by atoms with Crippen molar-refractivity contribution in [3.8, 4) is 0 Å². The Kier molecular flexibility index (Phi) is 5.37. The highest BCUT2D eigenvalue weighted by atomic mass is 35.5. The summed E-state index contributed by atoms with van der Waals surface area (Å²) in [5, 5.41) is 13.1. The highest BCUT2D eigenvalue weighted by Crippen LogP contribution is 2.41. The molecule has 1 aliphatic rings. The predicted octanol–water partition coefficient (Wildman–Crippen LogP) is 4.77. The lowest BCUT2D eigenvalue weighted by molar-refractivity contribution is -0.113. The van der Waals surface area contributed by atoms with Crippen LogP contribution in [0.1, 0.15) is 44.5 Å². The Labute approximate surface area is 155 Å². The van der Waals surface area contributed by atoms with E-state index in [0.717, 1.165) is 11.0 Å². The SMILES string of the molecule is CC(C)n1c(SCC(=O)Nc2cc(Cl)ccc2Cl)nnc1C1CC1. The molecule has 0 atom stereocenters. The number of halogens is 2. The number of nitrogens with zero attached hydrogens (tertiary/aromatic N) is 3. The molecule has 0 aliphatic heterocycles. The van der Waals surface area contributed by atoms with Crippen LogP contribution in [0.4, 0.5) is 5.69 Å². The van der Waals surface area contributed by atoms with E-state index in [2.05, 4.69) is 33.9 Å². The second-order valence-electron chi connectivity index (χ2n) is 6.04. The summed E-state index contributed by atoms with van der Waals surface area (Å²) < 4.78 is 2.13. The van der Waals surface area contributed by atoms with Gasteiger partial charge in [-0.1, -0.05) is 35.0 Å². The van der Waals surface area contributed by atoms with Gasteiger partial charge in [-0.05, 0) is 44.9 Å². The van der Waals surface area contributed by atoms with Crippen LogP contribution >= 0.6 is 35.0 Å². The molecule has 1 heterocycles. The molecule has 2 aromatic rings. The summed E-state index contributed by atoms with van der Waals surface area (Å²) in [5.74, 6) is 1.63. The van der Waals surface area contributed by atoms with Gasteiger partial charge in [0, 0.05) is 17.0 Å². The first-order valence-corrected chi connectivity index (χ1v) is 9.52. The third-order valence-electron chi connectivity index (χ3n) is 3.68. The minimum absolute atomic E-state index is 0.157. The van der Waals surface area contributed by atoms with Crippen molar-refractivity contribution in [1.82, 2.24) is 14.8 Å². The molecule has 1 fully saturated rings. The molecule has 0 radical (unpaired) electrons. The predicted molar refractivity (Wildman–Crippen MR) is 98.2 cm³/mol. The van der Waals surface area contributed by atoms with Gasteiger partial charge in [-0.3, -0.25) is 4.79 Å². The molecule has 1 N–H and O–H groups in total. The number of rotatable bonds is 6. The van der Waals surface area contributed by atoms with Gasteiger partial charge in [0.15, 0.2) is 5.16 Å². The summed E-state index contributed by atoms with van der Waals surface area (Å²) in [6, 6.07) is 5.24. The highest BCUT2D eigenvalue weighted by Gasteiger charge is 2.31. The number of hydrogen-bond acceptors (Lipinski definition) is 4. The summed E-state index contributed by atoms with van der Waals surface area (Å²) in [4.78, 5) is 12.2. The molecule has 0 spiro atoms. The van der Waals surface area contributed by atoms with E-state index in [1.807, 2.05) is 0 Å². The van der Waals surface area contributed by atoms with Gasteiger partial charge in [0.25, 0.3) is 0 Å². The van der Waals surface area contributed by atoms with Crippen molar-refractivity contribution in [2.24, 2.45) is 0 Å². The fourth-order valence-electron chi connectivity index (χ4n) is 2.40. The van der Waals surface area contributed by atoms with Crippen molar-refractivity contribution in [2.45, 2.75) is 43.8 Å². The summed E-state index contributed by atoms with van der Waals surface area (Å²) in [5.41, 5.74) is 0.513. The van der Waals surface area contributed by atoms with Crippen LogP contribution in [-0.4, -0.2) is 26.4 Å². The number of carbonyl (C=O) groups excluding carboxylic acids is 1. The Morgan fingerprint density at radius 3 is 2.79 bits per heavy atom. The number of carbonyl (C=O) groups is 1. The van der Waals surface area contributed by atoms with Crippen LogP contribution in [0.25, 0.3) is 0 Å². The second kappa shape index (κ2) is 7.33. The van der Waals surface area contributed by atoms with Gasteiger partial charge in [-0.2, -0.15) is 0 Å². The molecule has 1 aromatic heterocycles. The normalized spacial score (nSPS) is 14.2. The van der Waals surface area contributed by atoms with Crippen molar-refractivity contribution < 1.29 is 4.79 Å². The summed E-state index contributed by atoms with van der Waals surface area (Å²) in [6.07, 6.45) is 2.34. The molecular weight excluding hydrogens is 367 g/mol. The quantitative estimate of drug-likeness (QED) is 0.728. The minimum Gasteiger partial charge on any atom is -0.324 e. The third-order valence-corrected chi connectivity index (χ3v) is 5.19. The second-order valence-corrected chi connectivity index (χ2v) is 7.83. The van der Waals surface area contributed by atoms with Crippen molar-refractivity contribution >= 4 is 46.6 Å². The maximum absolute atomic E-state index is 12.2. The van der Waals surface area contributed by atoms with Crippen LogP contribution in [0.5, 0.6) is 0 Å². The Bertz CT molecular complexity index is 759. The Morgan fingerprint density at radius 1 is 1.38 bits per heavy atom. The van der Waals surface area contributed by atoms with Gasteiger partial charge < -0.3 is 9.88 Å². The molecule has 1 saturated carbocycles. The topological polar surface area (TPSA) is 59.8 Å². The molecule has 24 heavy (non-hydrogen) atoms. The molecule has 1 aliphatic carbocycles. The number of aromatic nitrogens is 3. The zero-order valence-corrected chi connectivity index (χ0v) is 15.8. The van der Waals surface area contributed by atoms with Crippen LogP contribution in [0.15, 0.2) is 23.4 Å². The molecule has 1 aromatic carbocycles. The summed E-state index contributed by atoms with van der Waals surface area (Å²) >= 11 is 13.4. The average Bonchev–Trinajstić information content (AvgIpc) is 3.28. The molecule has 0 unspecified atom stereocenters. The van der Waals surface area contributed by atoms with Gasteiger partial charge >= 0.3 is 0 Å². The van der Waals surface area contributed by atoms with E-state index in [4.69, 9.17) is 23.2 Å². The zero-order valence-electron chi connectivity index (χ0n) is 13.4. The highest BCUT2D eigenvalue weighted by molar-refractivity contribution is 7.99. The van der Waals surface area contributed by atoms with E-state index < -0.39 is 0 Å². The monoisotopic (exact) mass is 384 g/mol. The van der Waals surface area contributed by atoms with Gasteiger partial charge in [-0.15, -0.1) is 10.2 Å². The van der Waals surface area contributed by atoms with Crippen LogP contribution < -0.4 is 5.32 Å². The van der Waals surface area contributed by atoms with Crippen molar-refractivity contribution in [2.75, 3.05) is 11.1 Å². The molecule has 8 heteroatoms. The third kappa shape index (κ3) is 4.05. The summed E-state index contributed by atoms with van der Waals surface area (Å²) in [6.45, 7) is 4.20. The van der Waals surface area contributed by atoms with E-state index in [-0.39, 0.29) is 17.7 Å². The first-order chi connectivity index (χ1) is 11.5. The van der Waals surface area contributed by atoms with E-state index in [9.17, 15) is 4.79 Å². The van der Waals surface area contributed by atoms with Gasteiger partial charge in [0.05, 0.1) is 16.5 Å². The van der Waals surface area contributed by atoms with Crippen LogP contribution in [-0.2, 0) is 4.79 Å². The number of hydrogen-bond donors (Lipinski definition) is 1. The first-order valence-electron chi connectivity index (χ1n) is 7.78. The molecular formula is C16H18Cl2N4OS. The largest absolute Gasteiger partial charge is 0.324 e. The maximum atomic E-state index is 12.2. The zero-order chi connectivity index (χ0) is 17.3. The molecule has 0 saturated heterocycles. The maximum Gasteiger partial charge on any atom is 0.234 e. The lowest BCUT2D eigenvalue weighted by Gasteiger charge is -2.13. The number of nitrogens with one attached hydrogen (secondary N) is 1. The van der Waals surface area contributed by atoms with Gasteiger partial charge in [0.1, 0.15) is 5.82 Å². The Hall–Kier alpha value is -1.24. The smallest absolute Gasteiger partial charge is 0.234 e. The van der Waals surface area contributed by atoms with Crippen LogP contribution in [0.2, 0.25) is 10.0 Å². The molecule has 0 bridgehead atoms. The standard InChI is InChI=1S/C16H18Cl2N4OS/c1-9(2)22-15(10-3-4-10)20-21-16(22)24-8-14(23)19-13-7-11(17)5-6-12(13)18/h5-7,9-10H,3-4,8H2,1-2H3,(H,19,23). The average molecular weight is 385 g/mol. The van der Waals surface area contributed by atoms with Crippen molar-refractivity contribution in [1.29, 1.82) is 0 Å². The summed E-state index contributed by atoms with van der Waals surface area (Å²) in [7, 11) is 0. The van der Waals surface area contributed by atoms with Gasteiger partial charge in [-0.25, -0.2) is 0 Å². The van der Waals surface area contributed by atoms with E-state index in [1.54, 1.807) is 18.2 Å². The Balaban J connectivity index is 1.65. The van der Waals surface area contributed by atoms with E-state index in [0.29, 0.717) is 21.7 Å². The molecule has 1 amide bonds. The number of anilines is 1. The number of amides is 1. The van der Waals surface area contributed by atoms with Crippen molar-refractivity contribution in [3.63, 3.8) is 0 Å². The van der Waals surface area contributed by atoms with Gasteiger partial charge in [0.2, 0.25) is 5.91 Å². The number of benzene rings is 1. The van der Waals surface area contributed by atoms with Crippen LogP contribution in [0.3, 0.4) is 0 Å². The van der Waals surface area contributed by atoms with E-state index >= 15 is 0 Å². The van der Waals surface area contributed by atoms with Crippen molar-refractivity contribution in [3.05, 3.63) is 34.1 Å². The molecule has 3 rings (SSSR count). The fraction of sp³-hybridized carbons (Fsp3) is 0.438. The van der Waals surface area contributed by atoms with Crippen LogP contribution in [0, 0.1) is 0 Å².